The Morgan fingerprint density at radius 1 is 1.14 bits per heavy atom. The van der Waals surface area contributed by atoms with Crippen LogP contribution in [-0.4, -0.2) is 31.0 Å². The Labute approximate surface area is 132 Å². The summed E-state index contributed by atoms with van der Waals surface area (Å²) in [7, 11) is 0. The highest BCUT2D eigenvalue weighted by Crippen LogP contribution is 2.20. The molecule has 1 N–H and O–H groups in total. The number of nitrogens with zero attached hydrogens (tertiary/aromatic N) is 1. The maximum Gasteiger partial charge on any atom is 0.223 e. The molecule has 5 heteroatoms. The van der Waals surface area contributed by atoms with Gasteiger partial charge in [0.15, 0.2) is 0 Å². The number of nitrogens with one attached hydrogen (secondary N) is 1. The van der Waals surface area contributed by atoms with Crippen molar-refractivity contribution in [2.24, 2.45) is 5.92 Å². The van der Waals surface area contributed by atoms with E-state index >= 15 is 0 Å². The van der Waals surface area contributed by atoms with Gasteiger partial charge in [0.1, 0.15) is 5.75 Å². The van der Waals surface area contributed by atoms with Crippen molar-refractivity contribution in [3.8, 4) is 5.75 Å². The quantitative estimate of drug-likeness (QED) is 0.842. The van der Waals surface area contributed by atoms with E-state index in [4.69, 9.17) is 4.74 Å². The lowest BCUT2D eigenvalue weighted by molar-refractivity contribution is -0.124. The van der Waals surface area contributed by atoms with Crippen molar-refractivity contribution in [2.75, 3.05) is 18.0 Å². The van der Waals surface area contributed by atoms with Gasteiger partial charge in [0.25, 0.3) is 0 Å². The molecule has 0 aliphatic carbocycles. The third-order valence-electron chi connectivity index (χ3n) is 3.06. The first-order valence-electron chi connectivity index (χ1n) is 7.63. The molecule has 0 atom stereocenters. The van der Waals surface area contributed by atoms with Crippen molar-refractivity contribution in [1.29, 1.82) is 0 Å². The minimum Gasteiger partial charge on any atom is -0.491 e. The van der Waals surface area contributed by atoms with Gasteiger partial charge in [0.2, 0.25) is 11.8 Å². The zero-order valence-electron chi connectivity index (χ0n) is 14.1. The van der Waals surface area contributed by atoms with Crippen molar-refractivity contribution in [3.63, 3.8) is 0 Å². The fraction of sp³-hybridized carbons (Fsp3) is 0.529. The molecule has 0 fully saturated rings. The standard InChI is InChI=1S/C17H26N2O3/c1-12(2)17(21)18-10-11-19(14(5)20)15-6-8-16(9-7-15)22-13(3)4/h6-9,12-13H,10-11H2,1-5H3,(H,18,21). The van der Waals surface area contributed by atoms with Crippen molar-refractivity contribution in [1.82, 2.24) is 5.32 Å². The zero-order chi connectivity index (χ0) is 16.7. The van der Waals surface area contributed by atoms with Crippen molar-refractivity contribution < 1.29 is 14.3 Å². The van der Waals surface area contributed by atoms with Crippen molar-refractivity contribution in [3.05, 3.63) is 24.3 Å². The largest absolute Gasteiger partial charge is 0.491 e. The minimum atomic E-state index is -0.0590. The van der Waals surface area contributed by atoms with E-state index in [1.54, 1.807) is 4.90 Å². The van der Waals surface area contributed by atoms with Crippen LogP contribution < -0.4 is 15.0 Å². The lowest BCUT2D eigenvalue weighted by Crippen LogP contribution is -2.38. The number of benzene rings is 1. The van der Waals surface area contributed by atoms with Crippen LogP contribution in [0, 0.1) is 5.92 Å². The van der Waals surface area contributed by atoms with Crippen LogP contribution in [0.5, 0.6) is 5.75 Å². The maximum absolute atomic E-state index is 11.8. The van der Waals surface area contributed by atoms with Gasteiger partial charge < -0.3 is 15.0 Å². The Morgan fingerprint density at radius 3 is 2.18 bits per heavy atom. The molecule has 0 saturated heterocycles. The van der Waals surface area contributed by atoms with Gasteiger partial charge in [-0.05, 0) is 38.1 Å². The molecule has 1 aromatic carbocycles. The lowest BCUT2D eigenvalue weighted by atomic mass is 10.2. The Hall–Kier alpha value is -2.04. The molecule has 0 bridgehead atoms. The number of rotatable bonds is 7. The highest BCUT2D eigenvalue weighted by atomic mass is 16.5. The molecule has 0 aliphatic rings. The van der Waals surface area contributed by atoms with Crippen molar-refractivity contribution in [2.45, 2.75) is 40.7 Å². The molecule has 1 rings (SSSR count). The fourth-order valence-corrected chi connectivity index (χ4v) is 1.94. The minimum absolute atomic E-state index is 0.0100. The first kappa shape index (κ1) is 18.0. The first-order chi connectivity index (χ1) is 10.3. The number of amides is 2. The SMILES string of the molecule is CC(=O)N(CCNC(=O)C(C)C)c1ccc(OC(C)C)cc1. The summed E-state index contributed by atoms with van der Waals surface area (Å²) in [6.45, 7) is 10.00. The molecular formula is C17H26N2O3. The van der Waals surface area contributed by atoms with Crippen LogP contribution in [-0.2, 0) is 9.59 Å². The average molecular weight is 306 g/mol. The van der Waals surface area contributed by atoms with Gasteiger partial charge >= 0.3 is 0 Å². The van der Waals surface area contributed by atoms with E-state index in [1.165, 1.54) is 6.92 Å². The summed E-state index contributed by atoms with van der Waals surface area (Å²) in [4.78, 5) is 25.0. The molecule has 0 heterocycles. The molecule has 22 heavy (non-hydrogen) atoms. The fourth-order valence-electron chi connectivity index (χ4n) is 1.94. The third-order valence-corrected chi connectivity index (χ3v) is 3.06. The smallest absolute Gasteiger partial charge is 0.223 e. The molecule has 2 amide bonds. The van der Waals surface area contributed by atoms with Crippen LogP contribution in [0.2, 0.25) is 0 Å². The summed E-state index contributed by atoms with van der Waals surface area (Å²) in [5, 5.41) is 2.82. The van der Waals surface area contributed by atoms with Gasteiger partial charge in [-0.15, -0.1) is 0 Å². The first-order valence-corrected chi connectivity index (χ1v) is 7.63. The third kappa shape index (κ3) is 5.76. The number of anilines is 1. The molecular weight excluding hydrogens is 280 g/mol. The second kappa shape index (κ2) is 8.41. The summed E-state index contributed by atoms with van der Waals surface area (Å²) >= 11 is 0. The molecule has 1 aromatic rings. The number of ether oxygens (including phenoxy) is 1. The van der Waals surface area contributed by atoms with Crippen LogP contribution in [0.4, 0.5) is 5.69 Å². The van der Waals surface area contributed by atoms with Gasteiger partial charge in [-0.1, -0.05) is 13.8 Å². The van der Waals surface area contributed by atoms with Gasteiger partial charge in [0.05, 0.1) is 6.10 Å². The predicted octanol–water partition coefficient (Wildman–Crippen LogP) is 2.60. The summed E-state index contributed by atoms with van der Waals surface area (Å²) in [6, 6.07) is 7.39. The number of hydrogen-bond donors (Lipinski definition) is 1. The average Bonchev–Trinajstić information content (AvgIpc) is 2.43. The molecule has 0 aromatic heterocycles. The van der Waals surface area contributed by atoms with E-state index in [1.807, 2.05) is 52.0 Å². The second-order valence-electron chi connectivity index (χ2n) is 5.78. The van der Waals surface area contributed by atoms with E-state index in [2.05, 4.69) is 5.32 Å². The van der Waals surface area contributed by atoms with Crippen LogP contribution in [0.15, 0.2) is 24.3 Å². The maximum atomic E-state index is 11.8. The van der Waals surface area contributed by atoms with Gasteiger partial charge in [-0.25, -0.2) is 0 Å². The van der Waals surface area contributed by atoms with Gasteiger partial charge in [-0.2, -0.15) is 0 Å². The Morgan fingerprint density at radius 2 is 1.73 bits per heavy atom. The Bertz CT molecular complexity index is 495. The summed E-state index contributed by atoms with van der Waals surface area (Å²) in [5.41, 5.74) is 0.794. The monoisotopic (exact) mass is 306 g/mol. The molecule has 122 valence electrons. The van der Waals surface area contributed by atoms with Crippen LogP contribution >= 0.6 is 0 Å². The normalized spacial score (nSPS) is 10.7. The van der Waals surface area contributed by atoms with Crippen LogP contribution in [0.1, 0.15) is 34.6 Å². The molecule has 0 saturated carbocycles. The van der Waals surface area contributed by atoms with E-state index < -0.39 is 0 Å². The van der Waals surface area contributed by atoms with Gasteiger partial charge in [0, 0.05) is 31.6 Å². The number of carbonyl (C=O) groups excluding carboxylic acids is 2. The Kier molecular flexibility index (Phi) is 6.89. The molecule has 0 unspecified atom stereocenters. The van der Waals surface area contributed by atoms with Crippen LogP contribution in [0.25, 0.3) is 0 Å². The summed E-state index contributed by atoms with van der Waals surface area (Å²) < 4.78 is 5.59. The van der Waals surface area contributed by atoms with Gasteiger partial charge in [-0.3, -0.25) is 9.59 Å². The lowest BCUT2D eigenvalue weighted by Gasteiger charge is -2.22. The molecule has 0 radical (unpaired) electrons. The highest BCUT2D eigenvalue weighted by Gasteiger charge is 2.13. The van der Waals surface area contributed by atoms with E-state index in [0.717, 1.165) is 11.4 Å². The summed E-state index contributed by atoms with van der Waals surface area (Å²) in [5.74, 6) is 0.647. The Balaban J connectivity index is 2.67. The topological polar surface area (TPSA) is 58.6 Å². The molecule has 0 aliphatic heterocycles. The van der Waals surface area contributed by atoms with E-state index in [9.17, 15) is 9.59 Å². The van der Waals surface area contributed by atoms with E-state index in [-0.39, 0.29) is 23.8 Å². The predicted molar refractivity (Wildman–Crippen MR) is 88.1 cm³/mol. The van der Waals surface area contributed by atoms with Crippen molar-refractivity contribution >= 4 is 17.5 Å². The second-order valence-corrected chi connectivity index (χ2v) is 5.78. The zero-order valence-corrected chi connectivity index (χ0v) is 14.1. The summed E-state index contributed by atoms with van der Waals surface area (Å²) in [6.07, 6.45) is 0.112. The van der Waals surface area contributed by atoms with E-state index in [0.29, 0.717) is 13.1 Å². The van der Waals surface area contributed by atoms with Crippen LogP contribution in [0.3, 0.4) is 0 Å². The number of carbonyl (C=O) groups is 2. The molecule has 5 nitrogen and oxygen atoms in total. The highest BCUT2D eigenvalue weighted by molar-refractivity contribution is 5.91. The number of hydrogen-bond acceptors (Lipinski definition) is 3. The molecule has 0 spiro atoms.